The summed E-state index contributed by atoms with van der Waals surface area (Å²) in [5.74, 6) is -0.547. The molecule has 1 heterocycles. The maximum atomic E-state index is 10.6. The van der Waals surface area contributed by atoms with Gasteiger partial charge in [0.1, 0.15) is 6.10 Å². The molecule has 2 rings (SSSR count). The van der Waals surface area contributed by atoms with Gasteiger partial charge in [-0.1, -0.05) is 6.07 Å². The van der Waals surface area contributed by atoms with Crippen molar-refractivity contribution in [1.82, 2.24) is 0 Å². The van der Waals surface area contributed by atoms with Crippen LogP contribution < -0.4 is 5.32 Å². The van der Waals surface area contributed by atoms with Gasteiger partial charge in [0.05, 0.1) is 11.5 Å². The second-order valence-electron chi connectivity index (χ2n) is 4.64. The molecular formula is C12H16N2O4. The summed E-state index contributed by atoms with van der Waals surface area (Å²) in [7, 11) is 0. The third kappa shape index (κ3) is 3.18. The van der Waals surface area contributed by atoms with Crippen molar-refractivity contribution in [2.75, 3.05) is 18.5 Å². The minimum Gasteiger partial charge on any atom is -0.382 e. The Balaban J connectivity index is 1.91. The number of hydrogen-bond donors (Lipinski definition) is 1. The summed E-state index contributed by atoms with van der Waals surface area (Å²) in [6.45, 7) is 4.81. The summed E-state index contributed by atoms with van der Waals surface area (Å²) in [6.07, 6.45) is -0.0423. The third-order valence-electron chi connectivity index (χ3n) is 2.66. The predicted molar refractivity (Wildman–Crippen MR) is 66.5 cm³/mol. The van der Waals surface area contributed by atoms with Crippen LogP contribution in [-0.4, -0.2) is 30.0 Å². The molecule has 0 aliphatic carbocycles. The van der Waals surface area contributed by atoms with E-state index < -0.39 is 10.7 Å². The van der Waals surface area contributed by atoms with Crippen LogP contribution in [0.25, 0.3) is 0 Å². The number of nitrogens with zero attached hydrogens (tertiary/aromatic N) is 1. The van der Waals surface area contributed by atoms with Crippen molar-refractivity contribution in [3.63, 3.8) is 0 Å². The first kappa shape index (κ1) is 12.8. The number of rotatable bonds is 4. The second-order valence-corrected chi connectivity index (χ2v) is 4.64. The van der Waals surface area contributed by atoms with Gasteiger partial charge in [0.25, 0.3) is 5.69 Å². The van der Waals surface area contributed by atoms with Gasteiger partial charge >= 0.3 is 0 Å². The molecule has 0 saturated carbocycles. The largest absolute Gasteiger partial charge is 0.382 e. The minimum absolute atomic E-state index is 0.0423. The maximum Gasteiger partial charge on any atom is 0.271 e. The summed E-state index contributed by atoms with van der Waals surface area (Å²) in [6, 6.07) is 6.40. The topological polar surface area (TPSA) is 73.6 Å². The highest BCUT2D eigenvalue weighted by atomic mass is 16.7. The Bertz CT molecular complexity index is 447. The first-order valence-corrected chi connectivity index (χ1v) is 5.76. The van der Waals surface area contributed by atoms with E-state index >= 15 is 0 Å². The van der Waals surface area contributed by atoms with Crippen molar-refractivity contribution < 1.29 is 14.4 Å². The molecule has 0 amide bonds. The van der Waals surface area contributed by atoms with Gasteiger partial charge in [0.15, 0.2) is 5.79 Å². The Labute approximate surface area is 105 Å². The normalized spacial score (nSPS) is 21.8. The average Bonchev–Trinajstić information content (AvgIpc) is 2.67. The zero-order chi connectivity index (χ0) is 13.2. The molecule has 0 spiro atoms. The molecule has 18 heavy (non-hydrogen) atoms. The van der Waals surface area contributed by atoms with Crippen LogP contribution in [0, 0.1) is 10.1 Å². The lowest BCUT2D eigenvalue weighted by Crippen LogP contribution is -2.25. The summed E-state index contributed by atoms with van der Waals surface area (Å²) in [5.41, 5.74) is 0.779. The van der Waals surface area contributed by atoms with Crippen LogP contribution >= 0.6 is 0 Å². The zero-order valence-corrected chi connectivity index (χ0v) is 10.4. The number of non-ortho nitro benzene ring substituents is 1. The number of benzene rings is 1. The number of nitrogens with one attached hydrogen (secondary N) is 1. The van der Waals surface area contributed by atoms with E-state index in [1.165, 1.54) is 12.1 Å². The molecule has 1 fully saturated rings. The highest BCUT2D eigenvalue weighted by Gasteiger charge is 2.32. The highest BCUT2D eigenvalue weighted by molar-refractivity contribution is 5.50. The molecule has 1 aliphatic rings. The van der Waals surface area contributed by atoms with Gasteiger partial charge in [0.2, 0.25) is 0 Å². The van der Waals surface area contributed by atoms with Crippen LogP contribution in [0.4, 0.5) is 11.4 Å². The fourth-order valence-electron chi connectivity index (χ4n) is 1.82. The molecule has 1 saturated heterocycles. The van der Waals surface area contributed by atoms with Crippen LogP contribution in [0.3, 0.4) is 0 Å². The van der Waals surface area contributed by atoms with Crippen LogP contribution in [0.5, 0.6) is 0 Å². The van der Waals surface area contributed by atoms with Gasteiger partial charge in [-0.2, -0.15) is 0 Å². The van der Waals surface area contributed by atoms with E-state index in [0.29, 0.717) is 18.8 Å². The van der Waals surface area contributed by atoms with Crippen molar-refractivity contribution in [3.8, 4) is 0 Å². The van der Waals surface area contributed by atoms with E-state index in [1.54, 1.807) is 12.1 Å². The summed E-state index contributed by atoms with van der Waals surface area (Å²) >= 11 is 0. The first-order chi connectivity index (χ1) is 8.46. The van der Waals surface area contributed by atoms with Crippen molar-refractivity contribution >= 4 is 11.4 Å². The quantitative estimate of drug-likeness (QED) is 0.656. The van der Waals surface area contributed by atoms with Gasteiger partial charge in [-0.15, -0.1) is 0 Å². The molecule has 1 aromatic rings. The number of anilines is 1. The third-order valence-corrected chi connectivity index (χ3v) is 2.66. The standard InChI is InChI=1S/C12H16N2O4/c1-12(2)17-8-11(18-12)7-13-9-4-3-5-10(6-9)14(15)16/h3-6,11,13H,7-8H2,1-2H3. The SMILES string of the molecule is CC1(C)OCC(CNc2cccc([N+](=O)[O-])c2)O1. The molecular weight excluding hydrogens is 236 g/mol. The minimum atomic E-state index is -0.547. The molecule has 6 heteroatoms. The highest BCUT2D eigenvalue weighted by Crippen LogP contribution is 2.23. The summed E-state index contributed by atoms with van der Waals surface area (Å²) in [5, 5.41) is 13.7. The lowest BCUT2D eigenvalue weighted by molar-refractivity contribution is -0.384. The summed E-state index contributed by atoms with van der Waals surface area (Å²) in [4.78, 5) is 10.2. The van der Waals surface area contributed by atoms with Crippen molar-refractivity contribution in [2.24, 2.45) is 0 Å². The van der Waals surface area contributed by atoms with E-state index in [2.05, 4.69) is 5.32 Å². The molecule has 1 N–H and O–H groups in total. The van der Waals surface area contributed by atoms with Crippen LogP contribution in [0.15, 0.2) is 24.3 Å². The van der Waals surface area contributed by atoms with Gasteiger partial charge in [-0.3, -0.25) is 10.1 Å². The molecule has 0 aromatic heterocycles. The Morgan fingerprint density at radius 1 is 1.56 bits per heavy atom. The fraction of sp³-hybridized carbons (Fsp3) is 0.500. The van der Waals surface area contributed by atoms with Crippen LogP contribution in [-0.2, 0) is 9.47 Å². The van der Waals surface area contributed by atoms with Crippen LogP contribution in [0.1, 0.15) is 13.8 Å². The van der Waals surface area contributed by atoms with Gasteiger partial charge in [-0.25, -0.2) is 0 Å². The average molecular weight is 252 g/mol. The van der Waals surface area contributed by atoms with Gasteiger partial charge in [-0.05, 0) is 19.9 Å². The van der Waals surface area contributed by atoms with Crippen LogP contribution in [0.2, 0.25) is 0 Å². The van der Waals surface area contributed by atoms with Crippen molar-refractivity contribution in [2.45, 2.75) is 25.7 Å². The number of hydrogen-bond acceptors (Lipinski definition) is 5. The van der Waals surface area contributed by atoms with Gasteiger partial charge < -0.3 is 14.8 Å². The lowest BCUT2D eigenvalue weighted by Gasteiger charge is -2.17. The maximum absolute atomic E-state index is 10.6. The first-order valence-electron chi connectivity index (χ1n) is 5.76. The zero-order valence-electron chi connectivity index (χ0n) is 10.4. The van der Waals surface area contributed by atoms with E-state index in [9.17, 15) is 10.1 Å². The van der Waals surface area contributed by atoms with E-state index in [1.807, 2.05) is 13.8 Å². The molecule has 1 aliphatic heterocycles. The lowest BCUT2D eigenvalue weighted by atomic mass is 10.2. The Hall–Kier alpha value is -1.66. The van der Waals surface area contributed by atoms with E-state index in [0.717, 1.165) is 0 Å². The molecule has 6 nitrogen and oxygen atoms in total. The molecule has 98 valence electrons. The number of ether oxygens (including phenoxy) is 2. The predicted octanol–water partition coefficient (Wildman–Crippen LogP) is 2.16. The van der Waals surface area contributed by atoms with Gasteiger partial charge in [0, 0.05) is 24.4 Å². The van der Waals surface area contributed by atoms with Crippen molar-refractivity contribution in [3.05, 3.63) is 34.4 Å². The second kappa shape index (κ2) is 4.91. The Morgan fingerprint density at radius 3 is 2.94 bits per heavy atom. The molecule has 0 bridgehead atoms. The molecule has 1 aromatic carbocycles. The number of nitro benzene ring substituents is 1. The monoisotopic (exact) mass is 252 g/mol. The number of nitro groups is 1. The molecule has 1 atom stereocenters. The molecule has 0 radical (unpaired) electrons. The fourth-order valence-corrected chi connectivity index (χ4v) is 1.82. The van der Waals surface area contributed by atoms with E-state index in [4.69, 9.17) is 9.47 Å². The molecule has 1 unspecified atom stereocenters. The van der Waals surface area contributed by atoms with E-state index in [-0.39, 0.29) is 11.8 Å². The smallest absolute Gasteiger partial charge is 0.271 e. The van der Waals surface area contributed by atoms with Crippen molar-refractivity contribution in [1.29, 1.82) is 0 Å². The Kier molecular flexibility index (Phi) is 3.49. The Morgan fingerprint density at radius 2 is 2.33 bits per heavy atom. The summed E-state index contributed by atoms with van der Waals surface area (Å²) < 4.78 is 11.1.